The minimum Gasteiger partial charge on any atom is -0.494 e. The molecular formula is C32H31ClFNO6. The molecule has 9 heteroatoms. The predicted molar refractivity (Wildman–Crippen MR) is 157 cm³/mol. The number of rotatable bonds is 15. The van der Waals surface area contributed by atoms with Gasteiger partial charge >= 0.3 is 11.9 Å². The number of ether oxygens (including phenoxy) is 2. The Hall–Kier alpha value is -4.30. The fourth-order valence-electron chi connectivity index (χ4n) is 4.52. The normalized spacial score (nSPS) is 11.3. The molecule has 3 aromatic carbocycles. The lowest BCUT2D eigenvalue weighted by atomic mass is 10.0. The number of halogens is 2. The van der Waals surface area contributed by atoms with Crippen LogP contribution in [0.5, 0.6) is 11.5 Å². The molecule has 4 rings (SSSR count). The Labute approximate surface area is 242 Å². The topological polar surface area (TPSA) is 98.0 Å². The smallest absolute Gasteiger partial charge is 0.307 e. The summed E-state index contributed by atoms with van der Waals surface area (Å²) < 4.78 is 26.5. The Morgan fingerprint density at radius 2 is 1.66 bits per heavy atom. The maximum Gasteiger partial charge on any atom is 0.307 e. The van der Waals surface area contributed by atoms with E-state index in [1.54, 1.807) is 0 Å². The molecule has 0 unspecified atom stereocenters. The number of unbranched alkanes of at least 4 members (excludes halogenated alkanes) is 1. The molecular weight excluding hydrogens is 549 g/mol. The highest BCUT2D eigenvalue weighted by molar-refractivity contribution is 6.32. The molecule has 0 aliphatic carbocycles. The van der Waals surface area contributed by atoms with Gasteiger partial charge in [-0.25, -0.2) is 4.39 Å². The molecule has 1 heterocycles. The second-order valence-corrected chi connectivity index (χ2v) is 9.95. The van der Waals surface area contributed by atoms with Crippen molar-refractivity contribution >= 4 is 46.6 Å². The lowest BCUT2D eigenvalue weighted by Gasteiger charge is -2.09. The summed E-state index contributed by atoms with van der Waals surface area (Å²) in [6, 6.07) is 17.5. The van der Waals surface area contributed by atoms with E-state index >= 15 is 0 Å². The highest BCUT2D eigenvalue weighted by Gasteiger charge is 2.14. The number of aryl methyl sites for hydroxylation is 1. The van der Waals surface area contributed by atoms with Crippen molar-refractivity contribution in [3.8, 4) is 11.5 Å². The fourth-order valence-corrected chi connectivity index (χ4v) is 4.74. The number of hydrogen-bond donors (Lipinski definition) is 2. The first kappa shape index (κ1) is 29.7. The van der Waals surface area contributed by atoms with Crippen LogP contribution >= 0.6 is 11.6 Å². The maximum absolute atomic E-state index is 13.1. The van der Waals surface area contributed by atoms with E-state index in [1.165, 1.54) is 18.2 Å². The van der Waals surface area contributed by atoms with Crippen LogP contribution in [0, 0.1) is 5.82 Å². The van der Waals surface area contributed by atoms with E-state index in [0.717, 1.165) is 40.6 Å². The summed E-state index contributed by atoms with van der Waals surface area (Å²) in [6.45, 7) is 1.46. The van der Waals surface area contributed by atoms with Crippen LogP contribution in [0.15, 0.2) is 66.9 Å². The number of carboxylic acids is 2. The van der Waals surface area contributed by atoms with Gasteiger partial charge in [-0.2, -0.15) is 0 Å². The molecule has 0 saturated carbocycles. The number of carboxylic acid groups (broad SMARTS) is 2. The van der Waals surface area contributed by atoms with Crippen LogP contribution in [0.25, 0.3) is 23.1 Å². The van der Waals surface area contributed by atoms with Crippen LogP contribution < -0.4 is 9.47 Å². The van der Waals surface area contributed by atoms with Gasteiger partial charge in [0.2, 0.25) is 0 Å². The Bertz CT molecular complexity index is 1530. The van der Waals surface area contributed by atoms with Crippen molar-refractivity contribution in [2.24, 2.45) is 0 Å². The molecule has 0 fully saturated rings. The summed E-state index contributed by atoms with van der Waals surface area (Å²) in [6.07, 6.45) is 7.65. The Morgan fingerprint density at radius 1 is 0.902 bits per heavy atom. The summed E-state index contributed by atoms with van der Waals surface area (Å²) in [5, 5.41) is 19.5. The van der Waals surface area contributed by atoms with Crippen molar-refractivity contribution in [1.29, 1.82) is 0 Å². The van der Waals surface area contributed by atoms with E-state index in [9.17, 15) is 19.1 Å². The predicted octanol–water partition coefficient (Wildman–Crippen LogP) is 7.33. The van der Waals surface area contributed by atoms with Gasteiger partial charge in [0.1, 0.15) is 17.3 Å². The summed E-state index contributed by atoms with van der Waals surface area (Å²) in [5.41, 5.74) is 3.42. The SMILES string of the molecule is O=C(O)CCCn1cc(CC(=O)O)c2c(/C=C/c3ccc(OCCCCOc4ccc(F)cc4Cl)cc3)cccc21. The minimum absolute atomic E-state index is 0.0501. The summed E-state index contributed by atoms with van der Waals surface area (Å²) in [7, 11) is 0. The number of benzene rings is 3. The number of hydrogen-bond acceptors (Lipinski definition) is 4. The molecule has 214 valence electrons. The largest absolute Gasteiger partial charge is 0.494 e. The van der Waals surface area contributed by atoms with Crippen LogP contribution in [0.2, 0.25) is 5.02 Å². The Morgan fingerprint density at radius 3 is 2.37 bits per heavy atom. The zero-order valence-electron chi connectivity index (χ0n) is 22.4. The Kier molecular flexibility index (Phi) is 10.4. The average Bonchev–Trinajstić information content (AvgIpc) is 3.28. The van der Waals surface area contributed by atoms with E-state index in [-0.39, 0.29) is 17.9 Å². The fraction of sp³-hybridized carbons (Fsp3) is 0.250. The maximum atomic E-state index is 13.1. The third kappa shape index (κ3) is 8.59. The van der Waals surface area contributed by atoms with E-state index in [2.05, 4.69) is 0 Å². The molecule has 0 radical (unpaired) electrons. The highest BCUT2D eigenvalue weighted by Crippen LogP contribution is 2.28. The number of aliphatic carboxylic acids is 2. The molecule has 0 bridgehead atoms. The van der Waals surface area contributed by atoms with Gasteiger partial charge in [-0.3, -0.25) is 9.59 Å². The number of fused-ring (bicyclic) bond motifs is 1. The van der Waals surface area contributed by atoms with Crippen molar-refractivity contribution in [2.45, 2.75) is 38.6 Å². The lowest BCUT2D eigenvalue weighted by molar-refractivity contribution is -0.137. The summed E-state index contributed by atoms with van der Waals surface area (Å²) >= 11 is 5.96. The molecule has 4 aromatic rings. The molecule has 2 N–H and O–H groups in total. The second kappa shape index (κ2) is 14.4. The van der Waals surface area contributed by atoms with E-state index < -0.39 is 17.8 Å². The van der Waals surface area contributed by atoms with Gasteiger partial charge in [0.15, 0.2) is 0 Å². The Balaban J connectivity index is 1.33. The quantitative estimate of drug-likeness (QED) is 0.113. The average molecular weight is 580 g/mol. The molecule has 41 heavy (non-hydrogen) atoms. The monoisotopic (exact) mass is 579 g/mol. The lowest BCUT2D eigenvalue weighted by Crippen LogP contribution is -2.03. The van der Waals surface area contributed by atoms with Crippen molar-refractivity contribution < 1.29 is 33.7 Å². The van der Waals surface area contributed by atoms with Crippen LogP contribution in [0.4, 0.5) is 4.39 Å². The first-order valence-corrected chi connectivity index (χ1v) is 13.7. The minimum atomic E-state index is -0.922. The van der Waals surface area contributed by atoms with E-state index in [1.807, 2.05) is 65.4 Å². The number of carbonyl (C=O) groups is 2. The van der Waals surface area contributed by atoms with Crippen LogP contribution in [0.1, 0.15) is 42.4 Å². The van der Waals surface area contributed by atoms with Gasteiger partial charge in [-0.15, -0.1) is 0 Å². The van der Waals surface area contributed by atoms with E-state index in [0.29, 0.717) is 37.5 Å². The first-order valence-electron chi connectivity index (χ1n) is 13.3. The van der Waals surface area contributed by atoms with Gasteiger partial charge in [-0.05, 0) is 72.4 Å². The van der Waals surface area contributed by atoms with E-state index in [4.69, 9.17) is 26.2 Å². The highest BCUT2D eigenvalue weighted by atomic mass is 35.5. The van der Waals surface area contributed by atoms with Crippen molar-refractivity contribution in [1.82, 2.24) is 4.57 Å². The molecule has 0 spiro atoms. The van der Waals surface area contributed by atoms with Gasteiger partial charge < -0.3 is 24.3 Å². The van der Waals surface area contributed by atoms with Crippen molar-refractivity contribution in [2.75, 3.05) is 13.2 Å². The van der Waals surface area contributed by atoms with Gasteiger partial charge in [0, 0.05) is 30.1 Å². The molecule has 0 aliphatic heterocycles. The zero-order valence-corrected chi connectivity index (χ0v) is 23.1. The molecule has 0 atom stereocenters. The van der Waals surface area contributed by atoms with Crippen LogP contribution in [-0.2, 0) is 22.6 Å². The third-order valence-electron chi connectivity index (χ3n) is 6.44. The van der Waals surface area contributed by atoms with Gasteiger partial charge in [-0.1, -0.05) is 48.0 Å². The number of nitrogens with zero attached hydrogens (tertiary/aromatic N) is 1. The second-order valence-electron chi connectivity index (χ2n) is 9.54. The third-order valence-corrected chi connectivity index (χ3v) is 6.74. The number of aromatic nitrogens is 1. The van der Waals surface area contributed by atoms with Gasteiger partial charge in [0.25, 0.3) is 0 Å². The molecule has 0 aliphatic rings. The van der Waals surface area contributed by atoms with Crippen molar-refractivity contribution in [3.05, 3.63) is 94.4 Å². The molecule has 1 aromatic heterocycles. The van der Waals surface area contributed by atoms with Gasteiger partial charge in [0.05, 0.1) is 24.7 Å². The molecule has 0 amide bonds. The molecule has 7 nitrogen and oxygen atoms in total. The zero-order chi connectivity index (χ0) is 29.2. The van der Waals surface area contributed by atoms with Crippen molar-refractivity contribution in [3.63, 3.8) is 0 Å². The van der Waals surface area contributed by atoms with Crippen LogP contribution in [-0.4, -0.2) is 39.9 Å². The summed E-state index contributed by atoms with van der Waals surface area (Å²) in [5.74, 6) is -0.977. The summed E-state index contributed by atoms with van der Waals surface area (Å²) in [4.78, 5) is 22.4. The van der Waals surface area contributed by atoms with Crippen LogP contribution in [0.3, 0.4) is 0 Å². The standard InChI is InChI=1S/C32H31ClFNO6/c33-27-20-25(34)12-15-29(27)41-18-2-1-17-40-26-13-9-22(10-14-26)8-11-23-5-3-6-28-32(23)24(19-31(38)39)21-35(28)16-4-7-30(36)37/h3,5-6,8-15,20-21H,1-2,4,7,16-19H2,(H,36,37)(H,38,39)/b11-8+. The first-order chi connectivity index (χ1) is 19.8. The molecule has 0 saturated heterocycles.